The molecule has 1 heterocycles. The molecule has 1 aromatic carbocycles. The van der Waals surface area contributed by atoms with Gasteiger partial charge in [0.2, 0.25) is 5.91 Å². The second-order valence-electron chi connectivity index (χ2n) is 4.13. The zero-order valence-corrected chi connectivity index (χ0v) is 10.3. The highest BCUT2D eigenvalue weighted by atomic mass is 16.5. The lowest BCUT2D eigenvalue weighted by Gasteiger charge is -2.17. The van der Waals surface area contributed by atoms with Gasteiger partial charge in [-0.15, -0.1) is 0 Å². The van der Waals surface area contributed by atoms with Crippen LogP contribution in [0.1, 0.15) is 18.9 Å². The van der Waals surface area contributed by atoms with Crippen molar-refractivity contribution in [2.75, 3.05) is 25.1 Å². The molecule has 1 amide bonds. The standard InChI is InChI=1S/C13H18N2O2/c1-3-14-9-10-4-5-12-11(8-10)15(2)13(16)6-7-17-12/h4-5,8,14H,3,6-7,9H2,1-2H3. The number of amides is 1. The van der Waals surface area contributed by atoms with E-state index in [0.29, 0.717) is 13.0 Å². The molecule has 1 N–H and O–H groups in total. The molecule has 0 fully saturated rings. The fourth-order valence-electron chi connectivity index (χ4n) is 1.88. The van der Waals surface area contributed by atoms with Crippen molar-refractivity contribution in [3.8, 4) is 5.75 Å². The van der Waals surface area contributed by atoms with Gasteiger partial charge in [0, 0.05) is 13.6 Å². The molecule has 0 aliphatic carbocycles. The minimum atomic E-state index is 0.101. The summed E-state index contributed by atoms with van der Waals surface area (Å²) in [5.74, 6) is 0.892. The molecule has 0 aromatic heterocycles. The Morgan fingerprint density at radius 1 is 1.47 bits per heavy atom. The third kappa shape index (κ3) is 2.58. The van der Waals surface area contributed by atoms with Crippen LogP contribution in [0.3, 0.4) is 0 Å². The highest BCUT2D eigenvalue weighted by molar-refractivity contribution is 5.95. The van der Waals surface area contributed by atoms with Gasteiger partial charge in [0.25, 0.3) is 0 Å². The predicted molar refractivity (Wildman–Crippen MR) is 67.3 cm³/mol. The SMILES string of the molecule is CCNCc1ccc2c(c1)N(C)C(=O)CCO2. The number of carbonyl (C=O) groups is 1. The summed E-state index contributed by atoms with van der Waals surface area (Å²) >= 11 is 0. The van der Waals surface area contributed by atoms with Crippen LogP contribution in [0.25, 0.3) is 0 Å². The van der Waals surface area contributed by atoms with Crippen molar-refractivity contribution in [2.45, 2.75) is 19.9 Å². The third-order valence-corrected chi connectivity index (χ3v) is 2.91. The largest absolute Gasteiger partial charge is 0.491 e. The zero-order valence-electron chi connectivity index (χ0n) is 10.3. The molecule has 2 rings (SSSR count). The van der Waals surface area contributed by atoms with E-state index in [1.54, 1.807) is 11.9 Å². The maximum absolute atomic E-state index is 11.7. The molecule has 0 unspecified atom stereocenters. The van der Waals surface area contributed by atoms with Gasteiger partial charge in [-0.3, -0.25) is 4.79 Å². The number of carbonyl (C=O) groups excluding carboxylic acids is 1. The Hall–Kier alpha value is -1.55. The van der Waals surface area contributed by atoms with E-state index in [1.807, 2.05) is 18.2 Å². The van der Waals surface area contributed by atoms with E-state index in [-0.39, 0.29) is 5.91 Å². The Morgan fingerprint density at radius 3 is 3.06 bits per heavy atom. The van der Waals surface area contributed by atoms with Gasteiger partial charge in [0.05, 0.1) is 18.7 Å². The number of hydrogen-bond acceptors (Lipinski definition) is 3. The first kappa shape index (κ1) is 11.9. The molecule has 4 nitrogen and oxygen atoms in total. The summed E-state index contributed by atoms with van der Waals surface area (Å²) in [4.78, 5) is 13.4. The lowest BCUT2D eigenvalue weighted by atomic mass is 10.1. The van der Waals surface area contributed by atoms with Crippen LogP contribution in [0.2, 0.25) is 0 Å². The molecule has 0 radical (unpaired) electrons. The van der Waals surface area contributed by atoms with Gasteiger partial charge >= 0.3 is 0 Å². The van der Waals surface area contributed by atoms with Crippen molar-refractivity contribution in [3.05, 3.63) is 23.8 Å². The van der Waals surface area contributed by atoms with Gasteiger partial charge in [0.15, 0.2) is 0 Å². The highest BCUT2D eigenvalue weighted by Gasteiger charge is 2.19. The number of nitrogens with one attached hydrogen (secondary N) is 1. The monoisotopic (exact) mass is 234 g/mol. The molecule has 0 atom stereocenters. The fourth-order valence-corrected chi connectivity index (χ4v) is 1.88. The second kappa shape index (κ2) is 5.19. The molecule has 1 aliphatic heterocycles. The first-order valence-electron chi connectivity index (χ1n) is 5.95. The van der Waals surface area contributed by atoms with Crippen molar-refractivity contribution in [3.63, 3.8) is 0 Å². The maximum Gasteiger partial charge on any atom is 0.230 e. The van der Waals surface area contributed by atoms with E-state index >= 15 is 0 Å². The van der Waals surface area contributed by atoms with E-state index < -0.39 is 0 Å². The molecular formula is C13H18N2O2. The molecule has 1 aliphatic rings. The van der Waals surface area contributed by atoms with Gasteiger partial charge < -0.3 is 15.0 Å². The van der Waals surface area contributed by atoms with E-state index in [2.05, 4.69) is 12.2 Å². The van der Waals surface area contributed by atoms with Crippen LogP contribution in [0.5, 0.6) is 5.75 Å². The topological polar surface area (TPSA) is 41.6 Å². The van der Waals surface area contributed by atoms with Crippen LogP contribution < -0.4 is 15.0 Å². The van der Waals surface area contributed by atoms with E-state index in [0.717, 1.165) is 30.1 Å². The summed E-state index contributed by atoms with van der Waals surface area (Å²) in [6.07, 6.45) is 0.438. The lowest BCUT2D eigenvalue weighted by molar-refractivity contribution is -0.118. The molecule has 4 heteroatoms. The number of rotatable bonds is 3. The van der Waals surface area contributed by atoms with Crippen LogP contribution in [0.15, 0.2) is 18.2 Å². The number of fused-ring (bicyclic) bond motifs is 1. The fraction of sp³-hybridized carbons (Fsp3) is 0.462. The van der Waals surface area contributed by atoms with E-state index in [9.17, 15) is 4.79 Å². The number of nitrogens with zero attached hydrogens (tertiary/aromatic N) is 1. The molecule has 0 saturated heterocycles. The van der Waals surface area contributed by atoms with Crippen molar-refractivity contribution in [1.82, 2.24) is 5.32 Å². The summed E-state index contributed by atoms with van der Waals surface area (Å²) in [5, 5.41) is 3.27. The van der Waals surface area contributed by atoms with Gasteiger partial charge in [-0.25, -0.2) is 0 Å². The minimum Gasteiger partial charge on any atom is -0.491 e. The lowest BCUT2D eigenvalue weighted by Crippen LogP contribution is -2.25. The van der Waals surface area contributed by atoms with Crippen LogP contribution in [-0.4, -0.2) is 26.1 Å². The first-order valence-corrected chi connectivity index (χ1v) is 5.95. The van der Waals surface area contributed by atoms with Crippen molar-refractivity contribution in [1.29, 1.82) is 0 Å². The molecular weight excluding hydrogens is 216 g/mol. The van der Waals surface area contributed by atoms with E-state index in [1.165, 1.54) is 0 Å². The van der Waals surface area contributed by atoms with Crippen molar-refractivity contribution < 1.29 is 9.53 Å². The highest BCUT2D eigenvalue weighted by Crippen LogP contribution is 2.31. The summed E-state index contributed by atoms with van der Waals surface area (Å²) < 4.78 is 5.57. The number of ether oxygens (including phenoxy) is 1. The summed E-state index contributed by atoms with van der Waals surface area (Å²) in [5.41, 5.74) is 2.03. The first-order chi connectivity index (χ1) is 8.22. The molecule has 92 valence electrons. The van der Waals surface area contributed by atoms with Crippen molar-refractivity contribution in [2.24, 2.45) is 0 Å². The Balaban J connectivity index is 2.28. The number of anilines is 1. The predicted octanol–water partition coefficient (Wildman–Crippen LogP) is 1.54. The normalized spacial score (nSPS) is 15.2. The molecule has 0 spiro atoms. The zero-order chi connectivity index (χ0) is 12.3. The molecule has 0 bridgehead atoms. The van der Waals surface area contributed by atoms with Gasteiger partial charge in [-0.2, -0.15) is 0 Å². The summed E-state index contributed by atoms with van der Waals surface area (Å²) in [6.45, 7) is 4.28. The second-order valence-corrected chi connectivity index (χ2v) is 4.13. The van der Waals surface area contributed by atoms with Crippen LogP contribution in [0.4, 0.5) is 5.69 Å². The Labute approximate surface area is 102 Å². The van der Waals surface area contributed by atoms with Crippen LogP contribution in [0, 0.1) is 0 Å². The van der Waals surface area contributed by atoms with E-state index in [4.69, 9.17) is 4.74 Å². The average molecular weight is 234 g/mol. The van der Waals surface area contributed by atoms with Gasteiger partial charge in [0.1, 0.15) is 5.75 Å². The Kier molecular flexibility index (Phi) is 3.64. The maximum atomic E-state index is 11.7. The smallest absolute Gasteiger partial charge is 0.230 e. The summed E-state index contributed by atoms with van der Waals surface area (Å²) in [6, 6.07) is 5.99. The Morgan fingerprint density at radius 2 is 2.29 bits per heavy atom. The molecule has 17 heavy (non-hydrogen) atoms. The summed E-state index contributed by atoms with van der Waals surface area (Å²) in [7, 11) is 1.80. The third-order valence-electron chi connectivity index (χ3n) is 2.91. The molecule has 0 saturated carbocycles. The quantitative estimate of drug-likeness (QED) is 0.862. The van der Waals surface area contributed by atoms with Gasteiger partial charge in [-0.1, -0.05) is 13.0 Å². The number of hydrogen-bond donors (Lipinski definition) is 1. The average Bonchev–Trinajstić information content (AvgIpc) is 2.48. The van der Waals surface area contributed by atoms with Crippen LogP contribution in [-0.2, 0) is 11.3 Å². The Bertz CT molecular complexity index is 418. The van der Waals surface area contributed by atoms with Crippen LogP contribution >= 0.6 is 0 Å². The molecule has 1 aromatic rings. The minimum absolute atomic E-state index is 0.101. The van der Waals surface area contributed by atoms with Gasteiger partial charge in [-0.05, 0) is 24.2 Å². The van der Waals surface area contributed by atoms with Crippen molar-refractivity contribution >= 4 is 11.6 Å². The number of benzene rings is 1.